The third-order valence-corrected chi connectivity index (χ3v) is 7.88. The molecule has 8 nitrogen and oxygen atoms in total. The first-order valence-electron chi connectivity index (χ1n) is 11.1. The number of pyridine rings is 1. The average Bonchev–Trinajstić information content (AvgIpc) is 2.83. The van der Waals surface area contributed by atoms with E-state index in [4.69, 9.17) is 4.74 Å². The van der Waals surface area contributed by atoms with Gasteiger partial charge in [0.2, 0.25) is 15.9 Å². The summed E-state index contributed by atoms with van der Waals surface area (Å²) in [6.07, 6.45) is 0.895. The monoisotopic (exact) mass is 559 g/mol. The standard InChI is InChI=1S/C25H26BrN3O5S/c1-4-15-5-11-19(12-6-15)35(32,33)29-21-20-13-16(14-27-24(20)34-25(2,3)22(21)30)23(31)28-18-9-7-17(26)8-10-18/h5-14,21-22,29-30H,4H2,1-3H3,(H,28,31)/t21-,22+/m1/s1. The molecule has 35 heavy (non-hydrogen) atoms. The zero-order valence-corrected chi connectivity index (χ0v) is 21.9. The molecule has 1 aliphatic rings. The summed E-state index contributed by atoms with van der Waals surface area (Å²) in [5.41, 5.74) is 0.932. The van der Waals surface area contributed by atoms with E-state index in [1.807, 2.05) is 6.92 Å². The van der Waals surface area contributed by atoms with Crippen LogP contribution in [0.3, 0.4) is 0 Å². The SMILES string of the molecule is CCc1ccc(S(=O)(=O)N[C@@H]2c3cc(C(=O)Nc4ccc(Br)cc4)cnc3OC(C)(C)[C@H]2O)cc1. The Hall–Kier alpha value is -2.79. The minimum absolute atomic E-state index is 0.0739. The van der Waals surface area contributed by atoms with Crippen molar-refractivity contribution in [2.24, 2.45) is 0 Å². The van der Waals surface area contributed by atoms with Gasteiger partial charge < -0.3 is 15.2 Å². The molecule has 0 fully saturated rings. The molecule has 0 saturated heterocycles. The van der Waals surface area contributed by atoms with Gasteiger partial charge in [0.1, 0.15) is 11.7 Å². The third-order valence-electron chi connectivity index (χ3n) is 5.89. The Bertz CT molecular complexity index is 1340. The Labute approximate surface area is 212 Å². The van der Waals surface area contributed by atoms with E-state index in [0.717, 1.165) is 16.5 Å². The number of aliphatic hydroxyl groups is 1. The van der Waals surface area contributed by atoms with E-state index in [9.17, 15) is 18.3 Å². The number of ether oxygens (including phenoxy) is 1. The summed E-state index contributed by atoms with van der Waals surface area (Å²) in [5.74, 6) is -0.284. The predicted octanol–water partition coefficient (Wildman–Crippen LogP) is 4.21. The maximum Gasteiger partial charge on any atom is 0.257 e. The predicted molar refractivity (Wildman–Crippen MR) is 136 cm³/mol. The van der Waals surface area contributed by atoms with Gasteiger partial charge in [0.05, 0.1) is 16.5 Å². The number of aliphatic hydroxyl groups excluding tert-OH is 1. The maximum absolute atomic E-state index is 13.2. The second-order valence-electron chi connectivity index (χ2n) is 8.83. The summed E-state index contributed by atoms with van der Waals surface area (Å²) in [6, 6.07) is 14.0. The van der Waals surface area contributed by atoms with E-state index in [1.54, 1.807) is 50.2 Å². The fourth-order valence-corrected chi connectivity index (χ4v) is 5.27. The molecule has 0 saturated carbocycles. The van der Waals surface area contributed by atoms with Crippen LogP contribution < -0.4 is 14.8 Å². The molecular formula is C25H26BrN3O5S. The number of hydrogen-bond donors (Lipinski definition) is 3. The smallest absolute Gasteiger partial charge is 0.257 e. The maximum atomic E-state index is 13.2. The number of anilines is 1. The number of carbonyl (C=O) groups excluding carboxylic acids is 1. The van der Waals surface area contributed by atoms with Crippen molar-refractivity contribution in [2.75, 3.05) is 5.32 Å². The molecule has 4 rings (SSSR count). The van der Waals surface area contributed by atoms with Gasteiger partial charge in [-0.2, -0.15) is 0 Å². The highest BCUT2D eigenvalue weighted by Crippen LogP contribution is 2.39. The third kappa shape index (κ3) is 5.40. The van der Waals surface area contributed by atoms with Gasteiger partial charge in [0.15, 0.2) is 0 Å². The van der Waals surface area contributed by atoms with Crippen LogP contribution in [0.25, 0.3) is 0 Å². The first kappa shape index (κ1) is 25.3. The van der Waals surface area contributed by atoms with E-state index in [-0.39, 0.29) is 21.9 Å². The highest BCUT2D eigenvalue weighted by molar-refractivity contribution is 9.10. The summed E-state index contributed by atoms with van der Waals surface area (Å²) in [5, 5.41) is 13.8. The van der Waals surface area contributed by atoms with Crippen molar-refractivity contribution in [2.45, 2.75) is 49.8 Å². The number of fused-ring (bicyclic) bond motifs is 1. The number of halogens is 1. The van der Waals surface area contributed by atoms with E-state index < -0.39 is 33.7 Å². The Balaban J connectivity index is 1.67. The molecule has 184 valence electrons. The van der Waals surface area contributed by atoms with Gasteiger partial charge in [-0.05, 0) is 68.3 Å². The van der Waals surface area contributed by atoms with Crippen molar-refractivity contribution >= 4 is 37.5 Å². The topological polar surface area (TPSA) is 118 Å². The van der Waals surface area contributed by atoms with Crippen LogP contribution in [-0.2, 0) is 16.4 Å². The van der Waals surface area contributed by atoms with E-state index >= 15 is 0 Å². The molecule has 1 aromatic heterocycles. The Kier molecular flexibility index (Phi) is 7.01. The largest absolute Gasteiger partial charge is 0.469 e. The molecule has 0 spiro atoms. The molecule has 0 bridgehead atoms. The lowest BCUT2D eigenvalue weighted by Gasteiger charge is -2.41. The van der Waals surface area contributed by atoms with E-state index in [1.165, 1.54) is 24.4 Å². The molecule has 3 aromatic rings. The lowest BCUT2D eigenvalue weighted by molar-refractivity contribution is -0.0632. The Morgan fingerprint density at radius 3 is 2.43 bits per heavy atom. The van der Waals surface area contributed by atoms with E-state index in [0.29, 0.717) is 5.69 Å². The van der Waals surface area contributed by atoms with E-state index in [2.05, 4.69) is 31.0 Å². The van der Waals surface area contributed by atoms with Crippen LogP contribution in [0, 0.1) is 0 Å². The van der Waals surface area contributed by atoms with Crippen LogP contribution in [-0.4, -0.2) is 36.1 Å². The normalized spacial score (nSPS) is 18.9. The molecular weight excluding hydrogens is 534 g/mol. The van der Waals surface area contributed by atoms with Gasteiger partial charge in [-0.15, -0.1) is 0 Å². The molecule has 2 aromatic carbocycles. The number of rotatable bonds is 6. The van der Waals surface area contributed by atoms with Crippen LogP contribution in [0.5, 0.6) is 5.88 Å². The quantitative estimate of drug-likeness (QED) is 0.416. The number of benzene rings is 2. The van der Waals surface area contributed by atoms with Crippen LogP contribution in [0.1, 0.15) is 48.3 Å². The lowest BCUT2D eigenvalue weighted by atomic mass is 9.88. The zero-order chi connectivity index (χ0) is 25.4. The van der Waals surface area contributed by atoms with Crippen molar-refractivity contribution in [3.05, 3.63) is 82.0 Å². The second kappa shape index (κ2) is 9.69. The molecule has 1 amide bonds. The summed E-state index contributed by atoms with van der Waals surface area (Å²) in [4.78, 5) is 17.2. The van der Waals surface area contributed by atoms with Crippen LogP contribution in [0.4, 0.5) is 5.69 Å². The fraction of sp³-hybridized carbons (Fsp3) is 0.280. The molecule has 10 heteroatoms. The number of carbonyl (C=O) groups is 1. The first-order chi connectivity index (χ1) is 16.5. The summed E-state index contributed by atoms with van der Waals surface area (Å²) in [7, 11) is -3.99. The van der Waals surface area contributed by atoms with Gasteiger partial charge >= 0.3 is 0 Å². The minimum Gasteiger partial charge on any atom is -0.469 e. The van der Waals surface area contributed by atoms with Gasteiger partial charge in [-0.25, -0.2) is 18.1 Å². The second-order valence-corrected chi connectivity index (χ2v) is 11.5. The Morgan fingerprint density at radius 1 is 1.14 bits per heavy atom. The molecule has 2 heterocycles. The zero-order valence-electron chi connectivity index (χ0n) is 19.4. The van der Waals surface area contributed by atoms with Gasteiger partial charge in [-0.1, -0.05) is 35.0 Å². The van der Waals surface area contributed by atoms with Crippen LogP contribution in [0.15, 0.2) is 70.2 Å². The average molecular weight is 560 g/mol. The fourth-order valence-electron chi connectivity index (χ4n) is 3.79. The minimum atomic E-state index is -3.99. The number of sulfonamides is 1. The van der Waals surface area contributed by atoms with Crippen molar-refractivity contribution in [1.82, 2.24) is 9.71 Å². The number of nitrogens with zero attached hydrogens (tertiary/aromatic N) is 1. The highest BCUT2D eigenvalue weighted by atomic mass is 79.9. The number of amides is 1. The van der Waals surface area contributed by atoms with Gasteiger partial charge in [0, 0.05) is 21.9 Å². The molecule has 0 unspecified atom stereocenters. The molecule has 2 atom stereocenters. The molecule has 1 aliphatic heterocycles. The van der Waals surface area contributed by atoms with Crippen molar-refractivity contribution in [3.8, 4) is 5.88 Å². The lowest BCUT2D eigenvalue weighted by Crippen LogP contribution is -2.53. The number of nitrogens with one attached hydrogen (secondary N) is 2. The van der Waals surface area contributed by atoms with Gasteiger partial charge in [0.25, 0.3) is 5.91 Å². The first-order valence-corrected chi connectivity index (χ1v) is 13.3. The summed E-state index contributed by atoms with van der Waals surface area (Å²) >= 11 is 3.35. The van der Waals surface area contributed by atoms with Crippen molar-refractivity contribution < 1.29 is 23.1 Å². The van der Waals surface area contributed by atoms with Crippen molar-refractivity contribution in [3.63, 3.8) is 0 Å². The number of aryl methyl sites for hydroxylation is 1. The molecule has 3 N–H and O–H groups in total. The summed E-state index contributed by atoms with van der Waals surface area (Å²) in [6.45, 7) is 5.28. The highest BCUT2D eigenvalue weighted by Gasteiger charge is 2.45. The van der Waals surface area contributed by atoms with Gasteiger partial charge in [-0.3, -0.25) is 4.79 Å². The molecule has 0 radical (unpaired) electrons. The van der Waals surface area contributed by atoms with Crippen LogP contribution in [0.2, 0.25) is 0 Å². The Morgan fingerprint density at radius 2 is 1.80 bits per heavy atom. The van der Waals surface area contributed by atoms with Crippen LogP contribution >= 0.6 is 15.9 Å². The summed E-state index contributed by atoms with van der Waals surface area (Å²) < 4.78 is 35.7. The van der Waals surface area contributed by atoms with Crippen molar-refractivity contribution in [1.29, 1.82) is 0 Å². The number of aromatic nitrogens is 1. The molecule has 0 aliphatic carbocycles. The number of hydrogen-bond acceptors (Lipinski definition) is 6.